The molecule has 30 heavy (non-hydrogen) atoms. The van der Waals surface area contributed by atoms with Crippen molar-refractivity contribution < 1.29 is 24.0 Å². The fraction of sp³-hybridized carbons (Fsp3) is 0.368. The maximum atomic E-state index is 10.8. The third kappa shape index (κ3) is 3.52. The summed E-state index contributed by atoms with van der Waals surface area (Å²) in [5.41, 5.74) is 1.67. The Bertz CT molecular complexity index is 1030. The largest absolute Gasteiger partial charge is 0.433 e. The first-order valence-electron chi connectivity index (χ1n) is 9.74. The van der Waals surface area contributed by atoms with Gasteiger partial charge in [-0.1, -0.05) is 29.3 Å². The van der Waals surface area contributed by atoms with Crippen LogP contribution in [0.5, 0.6) is 0 Å². The summed E-state index contributed by atoms with van der Waals surface area (Å²) in [5.74, 6) is -0.0435. The van der Waals surface area contributed by atoms with E-state index in [9.17, 15) is 10.1 Å². The van der Waals surface area contributed by atoms with Gasteiger partial charge in [0.25, 0.3) is 0 Å². The molecule has 5 heterocycles. The Hall–Kier alpha value is -2.30. The molecular formula is C19H21Cl2N6O3+3. The van der Waals surface area contributed by atoms with Gasteiger partial charge in [-0.3, -0.25) is 10.1 Å². The van der Waals surface area contributed by atoms with Crippen LogP contribution >= 0.6 is 23.2 Å². The summed E-state index contributed by atoms with van der Waals surface area (Å²) in [6.45, 7) is 6.42. The van der Waals surface area contributed by atoms with E-state index in [0.29, 0.717) is 10.0 Å². The maximum Gasteiger partial charge on any atom is 0.433 e. The van der Waals surface area contributed by atoms with Crippen LogP contribution in [0.15, 0.2) is 45.0 Å². The lowest BCUT2D eigenvalue weighted by atomic mass is 9.74. The number of nitrogens with one attached hydrogen (secondary N) is 3. The molecule has 2 aromatic rings. The maximum absolute atomic E-state index is 10.8. The second-order valence-electron chi connectivity index (χ2n) is 8.35. The quantitative estimate of drug-likeness (QED) is 0.305. The zero-order valence-electron chi connectivity index (χ0n) is 16.0. The van der Waals surface area contributed by atoms with Crippen LogP contribution in [0.25, 0.3) is 0 Å². The highest BCUT2D eigenvalue weighted by Gasteiger charge is 2.60. The van der Waals surface area contributed by atoms with E-state index in [1.165, 1.54) is 18.3 Å². The summed E-state index contributed by atoms with van der Waals surface area (Å²) in [5, 5.41) is 20.6. The highest BCUT2D eigenvalue weighted by atomic mass is 35.5. The third-order valence-electron chi connectivity index (χ3n) is 6.10. The minimum absolute atomic E-state index is 0.113. The number of nitro groups is 1. The Morgan fingerprint density at radius 3 is 2.30 bits per heavy atom. The first-order chi connectivity index (χ1) is 14.4. The molecule has 4 saturated heterocycles. The Balaban J connectivity index is 1.53. The molecule has 0 spiro atoms. The molecular weight excluding hydrogens is 431 g/mol. The Morgan fingerprint density at radius 2 is 1.73 bits per heavy atom. The van der Waals surface area contributed by atoms with Crippen molar-refractivity contribution >= 4 is 41.0 Å². The number of halogens is 2. The van der Waals surface area contributed by atoms with Gasteiger partial charge >= 0.3 is 5.88 Å². The molecule has 6 rings (SSSR count). The van der Waals surface area contributed by atoms with Crippen LogP contribution in [0.1, 0.15) is 11.3 Å². The molecule has 11 heteroatoms. The van der Waals surface area contributed by atoms with Gasteiger partial charge < -0.3 is 4.42 Å². The molecule has 0 atom stereocenters. The Morgan fingerprint density at radius 1 is 1.07 bits per heavy atom. The molecule has 4 fully saturated rings. The smallest absolute Gasteiger partial charge is 0.400 e. The third-order valence-corrected chi connectivity index (χ3v) is 6.83. The molecule has 0 saturated carbocycles. The van der Waals surface area contributed by atoms with Gasteiger partial charge in [0.05, 0.1) is 28.0 Å². The van der Waals surface area contributed by atoms with Gasteiger partial charge in [0, 0.05) is 5.56 Å². The normalized spacial score (nSPS) is 30.3. The van der Waals surface area contributed by atoms with E-state index in [0.717, 1.165) is 50.9 Å². The van der Waals surface area contributed by atoms with E-state index in [1.807, 2.05) is 12.1 Å². The monoisotopic (exact) mass is 451 g/mol. The van der Waals surface area contributed by atoms with E-state index < -0.39 is 4.92 Å². The molecule has 9 nitrogen and oxygen atoms in total. The van der Waals surface area contributed by atoms with E-state index in [4.69, 9.17) is 27.6 Å². The highest BCUT2D eigenvalue weighted by molar-refractivity contribution is 6.42. The van der Waals surface area contributed by atoms with Crippen molar-refractivity contribution in [1.82, 2.24) is 0 Å². The van der Waals surface area contributed by atoms with Crippen molar-refractivity contribution in [3.05, 3.63) is 61.8 Å². The van der Waals surface area contributed by atoms with Gasteiger partial charge in [-0.15, -0.1) is 0 Å². The summed E-state index contributed by atoms with van der Waals surface area (Å²) in [6.07, 6.45) is 1.40. The van der Waals surface area contributed by atoms with E-state index >= 15 is 0 Å². The van der Waals surface area contributed by atoms with Gasteiger partial charge in [-0.25, -0.2) is 14.7 Å². The molecule has 1 aromatic carbocycles. The minimum atomic E-state index is -0.581. The number of nitrogens with zero attached hydrogens (tertiary/aromatic N) is 3. The van der Waals surface area contributed by atoms with Crippen LogP contribution in [0.3, 0.4) is 0 Å². The molecule has 0 unspecified atom stereocenters. The first-order valence-corrected chi connectivity index (χ1v) is 10.5. The number of hydrogen-bond donors (Lipinski definition) is 3. The highest BCUT2D eigenvalue weighted by Crippen LogP contribution is 2.28. The molecule has 0 radical (unpaired) electrons. The van der Waals surface area contributed by atoms with Gasteiger partial charge in [-0.2, -0.15) is 10.2 Å². The van der Waals surface area contributed by atoms with Crippen molar-refractivity contribution in [1.29, 1.82) is 0 Å². The predicted molar refractivity (Wildman–Crippen MR) is 110 cm³/mol. The summed E-state index contributed by atoms with van der Waals surface area (Å²) < 4.78 is 5.15. The number of hydrogen-bond acceptors (Lipinski definition) is 5. The SMILES string of the molecule is O=[N+]([O-])c1ccc(C=NN=C(c2ccc(Cl)c(Cl)c2)C23C[NH+]4C[NH+](C[NH+](C4)C2)C3)o1. The molecule has 1 aromatic heterocycles. The molecule has 3 N–H and O–H groups in total. The van der Waals surface area contributed by atoms with Crippen LogP contribution in [0.2, 0.25) is 10.0 Å². The predicted octanol–water partition coefficient (Wildman–Crippen LogP) is -1.13. The zero-order valence-corrected chi connectivity index (χ0v) is 17.5. The van der Waals surface area contributed by atoms with E-state index in [1.54, 1.807) is 20.8 Å². The molecule has 4 aliphatic rings. The zero-order chi connectivity index (χ0) is 20.9. The van der Waals surface area contributed by atoms with Crippen LogP contribution in [0, 0.1) is 15.5 Å². The van der Waals surface area contributed by atoms with Crippen molar-refractivity contribution in [2.75, 3.05) is 39.6 Å². The summed E-state index contributed by atoms with van der Waals surface area (Å²) in [6, 6.07) is 8.35. The van der Waals surface area contributed by atoms with E-state index in [2.05, 4.69) is 10.2 Å². The van der Waals surface area contributed by atoms with Gasteiger partial charge in [0.1, 0.15) is 24.6 Å². The van der Waals surface area contributed by atoms with Crippen molar-refractivity contribution in [3.63, 3.8) is 0 Å². The summed E-state index contributed by atoms with van der Waals surface area (Å²) in [7, 11) is 0. The van der Waals surface area contributed by atoms with Crippen LogP contribution in [-0.4, -0.2) is 56.5 Å². The van der Waals surface area contributed by atoms with Crippen LogP contribution in [0.4, 0.5) is 5.88 Å². The molecule has 0 amide bonds. The average Bonchev–Trinajstić information content (AvgIpc) is 3.16. The Labute approximate surface area is 182 Å². The van der Waals surface area contributed by atoms with Crippen molar-refractivity contribution in [2.24, 2.45) is 15.6 Å². The fourth-order valence-electron chi connectivity index (χ4n) is 5.26. The number of benzene rings is 1. The average molecular weight is 452 g/mol. The van der Waals surface area contributed by atoms with Crippen molar-refractivity contribution in [3.8, 4) is 0 Å². The molecule has 4 bridgehead atoms. The van der Waals surface area contributed by atoms with Crippen LogP contribution in [-0.2, 0) is 0 Å². The van der Waals surface area contributed by atoms with Crippen molar-refractivity contribution in [2.45, 2.75) is 0 Å². The lowest BCUT2D eigenvalue weighted by Crippen LogP contribution is -3.56. The minimum Gasteiger partial charge on any atom is -0.400 e. The second-order valence-corrected chi connectivity index (χ2v) is 9.16. The summed E-state index contributed by atoms with van der Waals surface area (Å²) >= 11 is 12.4. The molecule has 156 valence electrons. The summed E-state index contributed by atoms with van der Waals surface area (Å²) in [4.78, 5) is 14.9. The van der Waals surface area contributed by atoms with E-state index in [-0.39, 0.29) is 17.1 Å². The standard InChI is InChI=1S/C19H18Cl2N6O3/c20-15-3-1-13(5-16(15)21)18(23-22-6-14-2-4-17(30-14)27(28)29)19-7-24-10-25(8-19)12-26(9-19)11-24/h1-6H,7-12H2/p+3. The fourth-order valence-corrected chi connectivity index (χ4v) is 5.56. The molecule has 4 aliphatic heterocycles. The van der Waals surface area contributed by atoms with Gasteiger partial charge in [-0.05, 0) is 18.2 Å². The lowest BCUT2D eigenvalue weighted by Gasteiger charge is -2.52. The van der Waals surface area contributed by atoms with Crippen LogP contribution < -0.4 is 14.7 Å². The Kier molecular flexibility index (Phi) is 4.87. The first kappa shape index (κ1) is 19.7. The molecule has 0 aliphatic carbocycles. The second kappa shape index (κ2) is 7.44. The van der Waals surface area contributed by atoms with Gasteiger partial charge in [0.2, 0.25) is 20.0 Å². The number of furan rings is 1. The number of quaternary nitrogens is 3. The van der Waals surface area contributed by atoms with Gasteiger partial charge in [0.15, 0.2) is 11.2 Å². The topological polar surface area (TPSA) is 94.3 Å². The number of rotatable bonds is 5. The lowest BCUT2D eigenvalue weighted by molar-refractivity contribution is -1.30.